The number of nitrogens with one attached hydrogen (secondary N) is 1. The van der Waals surface area contributed by atoms with Gasteiger partial charge >= 0.3 is 5.97 Å². The van der Waals surface area contributed by atoms with Gasteiger partial charge in [0.05, 0.1) is 16.8 Å². The number of aromatic carboxylic acids is 1. The van der Waals surface area contributed by atoms with Crippen molar-refractivity contribution in [2.45, 2.75) is 51.6 Å². The molecule has 1 saturated heterocycles. The minimum atomic E-state index is -1.29. The van der Waals surface area contributed by atoms with Crippen LogP contribution in [0.1, 0.15) is 75.9 Å². The van der Waals surface area contributed by atoms with Crippen molar-refractivity contribution in [2.24, 2.45) is 5.92 Å². The monoisotopic (exact) mass is 606 g/mol. The third-order valence-corrected chi connectivity index (χ3v) is 9.13. The molecule has 4 aromatic rings. The number of benzene rings is 2. The highest BCUT2D eigenvalue weighted by Gasteiger charge is 2.30. The molecule has 2 N–H and O–H groups in total. The molecule has 2 aromatic heterocycles. The number of hydrogen-bond donors (Lipinski definition) is 2. The molecule has 1 unspecified atom stereocenters. The van der Waals surface area contributed by atoms with Gasteiger partial charge in [0.1, 0.15) is 0 Å². The van der Waals surface area contributed by atoms with Crippen LogP contribution in [0.25, 0.3) is 22.2 Å². The molecule has 1 aliphatic heterocycles. The highest BCUT2D eigenvalue weighted by molar-refractivity contribution is 6.09. The normalized spacial score (nSPS) is 16.8. The molecule has 10 nitrogen and oxygen atoms in total. The molecule has 0 spiro atoms. The second-order valence-electron chi connectivity index (χ2n) is 12.0. The van der Waals surface area contributed by atoms with Crippen LogP contribution >= 0.6 is 0 Å². The fourth-order valence-electron chi connectivity index (χ4n) is 6.66. The molecule has 6 rings (SSSR count). The first-order chi connectivity index (χ1) is 21.9. The summed E-state index contributed by atoms with van der Waals surface area (Å²) in [6.07, 6.45) is 8.53. The number of carbonyl (C=O) groups is 3. The van der Waals surface area contributed by atoms with Crippen LogP contribution in [0, 0.1) is 5.92 Å². The van der Waals surface area contributed by atoms with Gasteiger partial charge < -0.3 is 15.3 Å². The highest BCUT2D eigenvalue weighted by Crippen LogP contribution is 2.33. The Labute approximate surface area is 262 Å². The summed E-state index contributed by atoms with van der Waals surface area (Å²) in [5, 5.41) is 13.7. The fraction of sp³-hybridized carbons (Fsp3) is 0.371. The van der Waals surface area contributed by atoms with Gasteiger partial charge in [-0.15, -0.1) is 0 Å². The largest absolute Gasteiger partial charge is 0.476 e. The minimum Gasteiger partial charge on any atom is -0.476 e. The third-order valence-electron chi connectivity index (χ3n) is 9.13. The summed E-state index contributed by atoms with van der Waals surface area (Å²) in [6.45, 7) is 4.44. The summed E-state index contributed by atoms with van der Waals surface area (Å²) in [5.74, 6) is -1.36. The molecule has 232 valence electrons. The summed E-state index contributed by atoms with van der Waals surface area (Å²) in [4.78, 5) is 55.9. The Kier molecular flexibility index (Phi) is 9.11. The number of carboxylic acid groups (broad SMARTS) is 1. The number of aromatic nitrogens is 3. The van der Waals surface area contributed by atoms with Gasteiger partial charge in [-0.1, -0.05) is 67.8 Å². The Morgan fingerprint density at radius 2 is 1.56 bits per heavy atom. The van der Waals surface area contributed by atoms with E-state index in [0.717, 1.165) is 40.6 Å². The molecule has 0 radical (unpaired) electrons. The lowest BCUT2D eigenvalue weighted by atomic mass is 9.84. The summed E-state index contributed by atoms with van der Waals surface area (Å²) in [7, 11) is 0. The second kappa shape index (κ2) is 13.5. The lowest BCUT2D eigenvalue weighted by Gasteiger charge is -2.35. The molecule has 2 amide bonds. The van der Waals surface area contributed by atoms with Gasteiger partial charge in [-0.25, -0.2) is 19.7 Å². The zero-order chi connectivity index (χ0) is 31.3. The topological polar surface area (TPSA) is 129 Å². The smallest absolute Gasteiger partial charge is 0.356 e. The van der Waals surface area contributed by atoms with E-state index in [1.165, 1.54) is 31.7 Å². The fourth-order valence-corrected chi connectivity index (χ4v) is 6.66. The van der Waals surface area contributed by atoms with Crippen molar-refractivity contribution in [3.05, 3.63) is 89.5 Å². The molecule has 1 atom stereocenters. The van der Waals surface area contributed by atoms with E-state index in [1.807, 2.05) is 54.6 Å². The number of pyridine rings is 1. The average molecular weight is 607 g/mol. The van der Waals surface area contributed by atoms with Crippen LogP contribution in [0.4, 0.5) is 0 Å². The van der Waals surface area contributed by atoms with Gasteiger partial charge in [0, 0.05) is 67.7 Å². The van der Waals surface area contributed by atoms with E-state index in [9.17, 15) is 19.5 Å². The highest BCUT2D eigenvalue weighted by atomic mass is 16.4. The summed E-state index contributed by atoms with van der Waals surface area (Å²) in [6, 6.07) is 17.8. The Balaban J connectivity index is 1.31. The molecule has 45 heavy (non-hydrogen) atoms. The number of carboxylic acids is 1. The number of piperazine rings is 1. The number of para-hydroxylation sites is 1. The first kappa shape index (κ1) is 30.3. The minimum absolute atomic E-state index is 0.0593. The molecule has 3 heterocycles. The first-order valence-electron chi connectivity index (χ1n) is 15.7. The standard InChI is InChI=1S/C35H38N6O4/c1-23(24-10-4-2-5-11-24)38-33(42)29-26-14-8-9-15-28(26)39-30(25-12-6-3-7-13-25)27(29)22-40-18-20-41(21-19-40)34(43)31-32(35(44)45)37-17-16-36-31/h3,6-9,12-17,23-24H,2,4-5,10-11,18-22H2,1H3,(H,38,42)(H,44,45). The van der Waals surface area contributed by atoms with Crippen LogP contribution in [-0.2, 0) is 6.54 Å². The number of carbonyl (C=O) groups excluding carboxylic acids is 2. The van der Waals surface area contributed by atoms with Gasteiger partial charge in [-0.3, -0.25) is 14.5 Å². The zero-order valence-electron chi connectivity index (χ0n) is 25.5. The van der Waals surface area contributed by atoms with Crippen LogP contribution in [-0.4, -0.2) is 79.9 Å². The molecular formula is C35H38N6O4. The van der Waals surface area contributed by atoms with Crippen LogP contribution in [0.3, 0.4) is 0 Å². The van der Waals surface area contributed by atoms with E-state index in [4.69, 9.17) is 4.98 Å². The predicted octanol–water partition coefficient (Wildman–Crippen LogP) is 5.05. The van der Waals surface area contributed by atoms with Crippen LogP contribution in [0.2, 0.25) is 0 Å². The molecule has 2 aliphatic rings. The maximum absolute atomic E-state index is 14.3. The van der Waals surface area contributed by atoms with E-state index in [2.05, 4.69) is 27.1 Å². The Hall–Kier alpha value is -4.70. The van der Waals surface area contributed by atoms with E-state index >= 15 is 0 Å². The summed E-state index contributed by atoms with van der Waals surface area (Å²) < 4.78 is 0. The average Bonchev–Trinajstić information content (AvgIpc) is 3.08. The lowest BCUT2D eigenvalue weighted by Crippen LogP contribution is -2.49. The maximum Gasteiger partial charge on any atom is 0.356 e. The zero-order valence-corrected chi connectivity index (χ0v) is 25.5. The number of amides is 2. The molecule has 1 saturated carbocycles. The van der Waals surface area contributed by atoms with Crippen molar-refractivity contribution in [3.8, 4) is 11.3 Å². The van der Waals surface area contributed by atoms with E-state index in [-0.39, 0.29) is 23.3 Å². The van der Waals surface area contributed by atoms with Gasteiger partial charge in [-0.05, 0) is 31.7 Å². The van der Waals surface area contributed by atoms with Crippen molar-refractivity contribution in [2.75, 3.05) is 26.2 Å². The Bertz CT molecular complexity index is 1700. The number of hydrogen-bond acceptors (Lipinski definition) is 7. The summed E-state index contributed by atoms with van der Waals surface area (Å²) >= 11 is 0. The van der Waals surface area contributed by atoms with Crippen molar-refractivity contribution in [1.82, 2.24) is 30.1 Å². The van der Waals surface area contributed by atoms with E-state index in [1.54, 1.807) is 4.90 Å². The number of nitrogens with zero attached hydrogens (tertiary/aromatic N) is 5. The van der Waals surface area contributed by atoms with Crippen molar-refractivity contribution in [3.63, 3.8) is 0 Å². The van der Waals surface area contributed by atoms with Crippen molar-refractivity contribution in [1.29, 1.82) is 0 Å². The molecule has 10 heteroatoms. The van der Waals surface area contributed by atoms with Crippen LogP contribution in [0.5, 0.6) is 0 Å². The Morgan fingerprint density at radius 1 is 0.889 bits per heavy atom. The Morgan fingerprint density at radius 3 is 2.27 bits per heavy atom. The quantitative estimate of drug-likeness (QED) is 0.285. The second-order valence-corrected chi connectivity index (χ2v) is 12.0. The van der Waals surface area contributed by atoms with Crippen molar-refractivity contribution >= 4 is 28.7 Å². The molecule has 2 fully saturated rings. The third kappa shape index (κ3) is 6.56. The van der Waals surface area contributed by atoms with Crippen molar-refractivity contribution < 1.29 is 19.5 Å². The maximum atomic E-state index is 14.3. The molecular weight excluding hydrogens is 568 g/mol. The van der Waals surface area contributed by atoms with Gasteiger partial charge in [0.25, 0.3) is 11.8 Å². The molecule has 1 aliphatic carbocycles. The van der Waals surface area contributed by atoms with Gasteiger partial charge in [0.15, 0.2) is 11.4 Å². The first-order valence-corrected chi connectivity index (χ1v) is 15.7. The molecule has 2 aromatic carbocycles. The molecule has 0 bridgehead atoms. The summed E-state index contributed by atoms with van der Waals surface area (Å²) in [5.41, 5.74) is 3.47. The lowest BCUT2D eigenvalue weighted by molar-refractivity contribution is 0.0599. The number of rotatable bonds is 8. The predicted molar refractivity (Wildman–Crippen MR) is 171 cm³/mol. The van der Waals surface area contributed by atoms with E-state index in [0.29, 0.717) is 44.2 Å². The van der Waals surface area contributed by atoms with Gasteiger partial charge in [0.2, 0.25) is 0 Å². The van der Waals surface area contributed by atoms with Crippen LogP contribution < -0.4 is 5.32 Å². The van der Waals surface area contributed by atoms with Gasteiger partial charge in [-0.2, -0.15) is 0 Å². The number of fused-ring (bicyclic) bond motifs is 1. The van der Waals surface area contributed by atoms with E-state index < -0.39 is 11.9 Å². The van der Waals surface area contributed by atoms with Crippen LogP contribution in [0.15, 0.2) is 67.0 Å². The SMILES string of the molecule is CC(NC(=O)c1c(CN2CCN(C(=O)c3nccnc3C(=O)O)CC2)c(-c2ccccc2)nc2ccccc12)C1CCCCC1.